The molecule has 1 fully saturated rings. The summed E-state index contributed by atoms with van der Waals surface area (Å²) in [6, 6.07) is 8.41. The minimum absolute atomic E-state index is 0.835. The molecule has 2 nitrogen and oxygen atoms in total. The van der Waals surface area contributed by atoms with Crippen molar-refractivity contribution in [2.24, 2.45) is 0 Å². The SMILES string of the molecule is Brc1ccccc1CCCON1CCCCC1. The van der Waals surface area contributed by atoms with Crippen molar-refractivity contribution in [3.05, 3.63) is 34.3 Å². The highest BCUT2D eigenvalue weighted by Gasteiger charge is 2.09. The smallest absolute Gasteiger partial charge is 0.0688 e. The van der Waals surface area contributed by atoms with Gasteiger partial charge in [0, 0.05) is 17.6 Å². The zero-order valence-electron chi connectivity index (χ0n) is 10.2. The van der Waals surface area contributed by atoms with Gasteiger partial charge in [-0.2, -0.15) is 5.06 Å². The van der Waals surface area contributed by atoms with E-state index in [1.54, 1.807) is 0 Å². The second-order valence-corrected chi connectivity index (χ2v) is 5.37. The molecule has 1 aromatic rings. The molecule has 0 atom stereocenters. The molecule has 0 spiro atoms. The quantitative estimate of drug-likeness (QED) is 0.767. The minimum atomic E-state index is 0.835. The summed E-state index contributed by atoms with van der Waals surface area (Å²) in [5.74, 6) is 0. The summed E-state index contributed by atoms with van der Waals surface area (Å²) >= 11 is 3.57. The molecule has 17 heavy (non-hydrogen) atoms. The number of aryl methyl sites for hydroxylation is 1. The molecule has 1 aliphatic heterocycles. The molecule has 1 aliphatic rings. The summed E-state index contributed by atoms with van der Waals surface area (Å²) in [7, 11) is 0. The molecule has 0 unspecified atom stereocenters. The number of hydrogen-bond donors (Lipinski definition) is 0. The molecule has 0 amide bonds. The molecule has 2 rings (SSSR count). The van der Waals surface area contributed by atoms with Crippen LogP contribution < -0.4 is 0 Å². The van der Waals surface area contributed by atoms with Crippen LogP contribution in [-0.2, 0) is 11.3 Å². The molecule has 0 bridgehead atoms. The largest absolute Gasteiger partial charge is 0.299 e. The van der Waals surface area contributed by atoms with Crippen LogP contribution >= 0.6 is 15.9 Å². The van der Waals surface area contributed by atoms with E-state index in [4.69, 9.17) is 4.84 Å². The van der Waals surface area contributed by atoms with Gasteiger partial charge in [-0.1, -0.05) is 40.5 Å². The average molecular weight is 298 g/mol. The van der Waals surface area contributed by atoms with E-state index in [1.165, 1.54) is 29.3 Å². The Morgan fingerprint density at radius 2 is 1.88 bits per heavy atom. The topological polar surface area (TPSA) is 12.5 Å². The van der Waals surface area contributed by atoms with E-state index in [1.807, 2.05) is 0 Å². The van der Waals surface area contributed by atoms with Gasteiger partial charge in [0.15, 0.2) is 0 Å². The summed E-state index contributed by atoms with van der Waals surface area (Å²) in [6.07, 6.45) is 6.08. The summed E-state index contributed by atoms with van der Waals surface area (Å²) in [6.45, 7) is 3.05. The predicted octanol–water partition coefficient (Wildman–Crippen LogP) is 3.80. The van der Waals surface area contributed by atoms with Crippen LogP contribution in [0.25, 0.3) is 0 Å². The van der Waals surface area contributed by atoms with Crippen molar-refractivity contribution in [1.82, 2.24) is 5.06 Å². The Hall–Kier alpha value is -0.380. The number of benzene rings is 1. The lowest BCUT2D eigenvalue weighted by Gasteiger charge is -2.25. The molecule has 0 N–H and O–H groups in total. The predicted molar refractivity (Wildman–Crippen MR) is 73.8 cm³/mol. The zero-order chi connectivity index (χ0) is 11.9. The molecular formula is C14H20BrNO. The molecule has 1 saturated heterocycles. The van der Waals surface area contributed by atoms with E-state index in [0.29, 0.717) is 0 Å². The van der Waals surface area contributed by atoms with E-state index >= 15 is 0 Å². The fraction of sp³-hybridized carbons (Fsp3) is 0.571. The van der Waals surface area contributed by atoms with Crippen LogP contribution in [0.4, 0.5) is 0 Å². The summed E-state index contributed by atoms with van der Waals surface area (Å²) in [4.78, 5) is 5.76. The van der Waals surface area contributed by atoms with E-state index in [0.717, 1.165) is 32.5 Å². The van der Waals surface area contributed by atoms with E-state index < -0.39 is 0 Å². The van der Waals surface area contributed by atoms with Gasteiger partial charge in [0.05, 0.1) is 6.61 Å². The van der Waals surface area contributed by atoms with Gasteiger partial charge in [-0.05, 0) is 37.3 Å². The summed E-state index contributed by atoms with van der Waals surface area (Å²) in [5.41, 5.74) is 1.37. The van der Waals surface area contributed by atoms with Gasteiger partial charge in [0.1, 0.15) is 0 Å². The Balaban J connectivity index is 1.64. The molecule has 1 aromatic carbocycles. The molecular weight excluding hydrogens is 278 g/mol. The Labute approximate surface area is 112 Å². The minimum Gasteiger partial charge on any atom is -0.299 e. The third-order valence-electron chi connectivity index (χ3n) is 3.14. The Morgan fingerprint density at radius 3 is 2.65 bits per heavy atom. The summed E-state index contributed by atoms with van der Waals surface area (Å²) < 4.78 is 1.21. The third kappa shape index (κ3) is 4.41. The van der Waals surface area contributed by atoms with Crippen molar-refractivity contribution >= 4 is 15.9 Å². The fourth-order valence-corrected chi connectivity index (χ4v) is 2.63. The van der Waals surface area contributed by atoms with Crippen LogP contribution in [0, 0.1) is 0 Å². The second kappa shape index (κ2) is 7.14. The van der Waals surface area contributed by atoms with Crippen molar-refractivity contribution in [2.45, 2.75) is 32.1 Å². The average Bonchev–Trinajstić information content (AvgIpc) is 2.38. The van der Waals surface area contributed by atoms with Crippen molar-refractivity contribution < 1.29 is 4.84 Å². The maximum absolute atomic E-state index is 5.76. The van der Waals surface area contributed by atoms with Crippen LogP contribution in [0.2, 0.25) is 0 Å². The van der Waals surface area contributed by atoms with Gasteiger partial charge in [-0.15, -0.1) is 0 Å². The van der Waals surface area contributed by atoms with Crippen LogP contribution in [0.5, 0.6) is 0 Å². The maximum Gasteiger partial charge on any atom is 0.0688 e. The molecule has 0 radical (unpaired) electrons. The Bertz CT molecular complexity index is 337. The lowest BCUT2D eigenvalue weighted by Crippen LogP contribution is -2.30. The molecule has 94 valence electrons. The third-order valence-corrected chi connectivity index (χ3v) is 3.91. The zero-order valence-corrected chi connectivity index (χ0v) is 11.8. The molecule has 1 heterocycles. The van der Waals surface area contributed by atoms with Crippen molar-refractivity contribution in [3.63, 3.8) is 0 Å². The molecule has 3 heteroatoms. The normalized spacial score (nSPS) is 17.2. The highest BCUT2D eigenvalue weighted by atomic mass is 79.9. The number of hydroxylamine groups is 2. The maximum atomic E-state index is 5.76. The molecule has 0 saturated carbocycles. The van der Waals surface area contributed by atoms with Crippen molar-refractivity contribution in [1.29, 1.82) is 0 Å². The number of rotatable bonds is 5. The Kier molecular flexibility index (Phi) is 5.49. The van der Waals surface area contributed by atoms with Crippen molar-refractivity contribution in [3.8, 4) is 0 Å². The van der Waals surface area contributed by atoms with Crippen LogP contribution in [0.15, 0.2) is 28.7 Å². The fourth-order valence-electron chi connectivity index (χ4n) is 2.15. The number of nitrogens with zero attached hydrogens (tertiary/aromatic N) is 1. The Morgan fingerprint density at radius 1 is 1.12 bits per heavy atom. The first-order valence-electron chi connectivity index (χ1n) is 6.47. The number of halogens is 1. The lowest BCUT2D eigenvalue weighted by molar-refractivity contribution is -0.168. The first-order valence-corrected chi connectivity index (χ1v) is 7.27. The van der Waals surface area contributed by atoms with Gasteiger partial charge < -0.3 is 0 Å². The molecule has 0 aromatic heterocycles. The lowest BCUT2D eigenvalue weighted by atomic mass is 10.1. The van der Waals surface area contributed by atoms with Crippen LogP contribution in [0.3, 0.4) is 0 Å². The highest BCUT2D eigenvalue weighted by Crippen LogP contribution is 2.17. The monoisotopic (exact) mass is 297 g/mol. The van der Waals surface area contributed by atoms with Crippen molar-refractivity contribution in [2.75, 3.05) is 19.7 Å². The summed E-state index contributed by atoms with van der Waals surface area (Å²) in [5, 5.41) is 2.13. The van der Waals surface area contributed by atoms with Gasteiger partial charge in [0.2, 0.25) is 0 Å². The van der Waals surface area contributed by atoms with Crippen LogP contribution in [-0.4, -0.2) is 24.8 Å². The number of piperidine rings is 1. The van der Waals surface area contributed by atoms with Gasteiger partial charge >= 0.3 is 0 Å². The van der Waals surface area contributed by atoms with Crippen LogP contribution in [0.1, 0.15) is 31.2 Å². The van der Waals surface area contributed by atoms with Gasteiger partial charge in [-0.3, -0.25) is 4.84 Å². The van der Waals surface area contributed by atoms with E-state index in [9.17, 15) is 0 Å². The highest BCUT2D eigenvalue weighted by molar-refractivity contribution is 9.10. The van der Waals surface area contributed by atoms with Gasteiger partial charge in [0.25, 0.3) is 0 Å². The first kappa shape index (κ1) is 13.1. The standard InChI is InChI=1S/C14H20BrNO/c15-14-9-3-2-7-13(14)8-6-12-17-16-10-4-1-5-11-16/h2-3,7,9H,1,4-6,8,10-12H2. The molecule has 0 aliphatic carbocycles. The van der Waals surface area contributed by atoms with E-state index in [2.05, 4.69) is 45.3 Å². The first-order chi connectivity index (χ1) is 8.36. The second-order valence-electron chi connectivity index (χ2n) is 4.52. The van der Waals surface area contributed by atoms with Gasteiger partial charge in [-0.25, -0.2) is 0 Å². The number of hydrogen-bond acceptors (Lipinski definition) is 2. The van der Waals surface area contributed by atoms with E-state index in [-0.39, 0.29) is 0 Å².